The summed E-state index contributed by atoms with van der Waals surface area (Å²) >= 11 is 1.43. The second-order valence-corrected chi connectivity index (χ2v) is 6.48. The number of hydrogen-bond donors (Lipinski definition) is 0. The molecule has 1 heterocycles. The fourth-order valence-corrected chi connectivity index (χ4v) is 3.43. The van der Waals surface area contributed by atoms with E-state index in [0.717, 1.165) is 22.6 Å². The number of rotatable bonds is 5. The van der Waals surface area contributed by atoms with E-state index in [9.17, 15) is 4.79 Å². The highest BCUT2D eigenvalue weighted by atomic mass is 32.1. The van der Waals surface area contributed by atoms with Crippen molar-refractivity contribution in [2.45, 2.75) is 19.3 Å². The molecule has 0 aliphatic rings. The first-order chi connectivity index (χ1) is 11.7. The Morgan fingerprint density at radius 1 is 1.04 bits per heavy atom. The summed E-state index contributed by atoms with van der Waals surface area (Å²) in [4.78, 5) is 14.5. The highest BCUT2D eigenvalue weighted by Crippen LogP contribution is 2.30. The van der Waals surface area contributed by atoms with Crippen molar-refractivity contribution < 1.29 is 4.79 Å². The van der Waals surface area contributed by atoms with Gasteiger partial charge in [0.2, 0.25) is 11.0 Å². The molecule has 0 spiro atoms. The summed E-state index contributed by atoms with van der Waals surface area (Å²) in [5, 5.41) is 9.86. The molecular formula is C19H19N3OS. The van der Waals surface area contributed by atoms with Crippen LogP contribution in [-0.2, 0) is 4.79 Å². The van der Waals surface area contributed by atoms with Crippen molar-refractivity contribution in [1.29, 1.82) is 0 Å². The minimum Gasteiger partial charge on any atom is -0.289 e. The molecule has 3 rings (SSSR count). The number of aromatic nitrogens is 2. The summed E-state index contributed by atoms with van der Waals surface area (Å²) in [5.74, 6) is -0.125. The zero-order valence-electron chi connectivity index (χ0n) is 13.7. The zero-order valence-corrected chi connectivity index (χ0v) is 14.5. The van der Waals surface area contributed by atoms with Crippen LogP contribution in [0.1, 0.15) is 24.8 Å². The monoisotopic (exact) mass is 337 g/mol. The average Bonchev–Trinajstić information content (AvgIpc) is 3.13. The van der Waals surface area contributed by atoms with Gasteiger partial charge in [-0.15, -0.1) is 10.2 Å². The van der Waals surface area contributed by atoms with Crippen LogP contribution in [0.5, 0.6) is 0 Å². The molecule has 1 atom stereocenters. The summed E-state index contributed by atoms with van der Waals surface area (Å²) < 4.78 is 0. The molecule has 4 nitrogen and oxygen atoms in total. The number of carbonyl (C=O) groups is 1. The van der Waals surface area contributed by atoms with Crippen LogP contribution in [0.4, 0.5) is 5.13 Å². The number of hydrogen-bond acceptors (Lipinski definition) is 4. The first-order valence-electron chi connectivity index (χ1n) is 7.92. The van der Waals surface area contributed by atoms with Gasteiger partial charge in [-0.2, -0.15) is 0 Å². The highest BCUT2D eigenvalue weighted by molar-refractivity contribution is 7.18. The third kappa shape index (κ3) is 3.36. The largest absolute Gasteiger partial charge is 0.289 e. The van der Waals surface area contributed by atoms with Crippen molar-refractivity contribution in [2.75, 3.05) is 11.9 Å². The maximum absolute atomic E-state index is 12.9. The molecular weight excluding hydrogens is 318 g/mol. The zero-order chi connectivity index (χ0) is 16.9. The van der Waals surface area contributed by atoms with E-state index >= 15 is 0 Å². The summed E-state index contributed by atoms with van der Waals surface area (Å²) in [6.45, 7) is 2.03. The minimum atomic E-state index is -0.166. The smallest absolute Gasteiger partial charge is 0.236 e. The van der Waals surface area contributed by atoms with Crippen LogP contribution >= 0.6 is 11.3 Å². The van der Waals surface area contributed by atoms with Gasteiger partial charge in [-0.05, 0) is 12.0 Å². The maximum atomic E-state index is 12.9. The fourth-order valence-electron chi connectivity index (χ4n) is 2.61. The Bertz CT molecular complexity index is 802. The van der Waals surface area contributed by atoms with Gasteiger partial charge in [0, 0.05) is 12.6 Å². The standard InChI is InChI=1S/C19H19N3OS/c1-3-16(14-10-6-4-7-11-14)18(23)22(2)19-21-20-17(24-19)15-12-8-5-9-13-15/h4-13,16H,3H2,1-2H3. The van der Waals surface area contributed by atoms with Crippen LogP contribution in [0, 0.1) is 0 Å². The molecule has 0 bridgehead atoms. The Morgan fingerprint density at radius 3 is 2.29 bits per heavy atom. The molecule has 0 aliphatic heterocycles. The van der Waals surface area contributed by atoms with Crippen LogP contribution in [0.2, 0.25) is 0 Å². The molecule has 24 heavy (non-hydrogen) atoms. The molecule has 0 saturated carbocycles. The summed E-state index contributed by atoms with van der Waals surface area (Å²) in [6.07, 6.45) is 0.748. The second kappa shape index (κ2) is 7.36. The molecule has 2 aromatic carbocycles. The molecule has 3 aromatic rings. The Hall–Kier alpha value is -2.53. The molecule has 1 amide bonds. The maximum Gasteiger partial charge on any atom is 0.236 e. The van der Waals surface area contributed by atoms with E-state index in [1.165, 1.54) is 11.3 Å². The minimum absolute atomic E-state index is 0.0412. The van der Waals surface area contributed by atoms with Gasteiger partial charge in [-0.1, -0.05) is 78.9 Å². The van der Waals surface area contributed by atoms with Crippen LogP contribution in [0.25, 0.3) is 10.6 Å². The normalized spacial score (nSPS) is 11.9. The van der Waals surface area contributed by atoms with Crippen molar-refractivity contribution in [3.05, 3.63) is 66.2 Å². The number of likely N-dealkylation sites (N-methyl/N-ethyl adjacent to an activating group) is 1. The van der Waals surface area contributed by atoms with Crippen molar-refractivity contribution in [2.24, 2.45) is 0 Å². The molecule has 0 radical (unpaired) electrons. The predicted octanol–water partition coefficient (Wildman–Crippen LogP) is 4.36. The summed E-state index contributed by atoms with van der Waals surface area (Å²) in [6, 6.07) is 19.8. The van der Waals surface area contributed by atoms with Crippen LogP contribution in [0.15, 0.2) is 60.7 Å². The number of amides is 1. The van der Waals surface area contributed by atoms with Crippen molar-refractivity contribution in [3.63, 3.8) is 0 Å². The topological polar surface area (TPSA) is 46.1 Å². The Balaban J connectivity index is 1.82. The molecule has 122 valence electrons. The van der Waals surface area contributed by atoms with Crippen molar-refractivity contribution in [3.8, 4) is 10.6 Å². The van der Waals surface area contributed by atoms with E-state index in [1.807, 2.05) is 67.6 Å². The van der Waals surface area contributed by atoms with Crippen LogP contribution in [0.3, 0.4) is 0 Å². The summed E-state index contributed by atoms with van der Waals surface area (Å²) in [5.41, 5.74) is 2.04. The molecule has 0 aliphatic carbocycles. The summed E-state index contributed by atoms with van der Waals surface area (Å²) in [7, 11) is 1.77. The van der Waals surface area contributed by atoms with Gasteiger partial charge in [0.15, 0.2) is 0 Å². The van der Waals surface area contributed by atoms with Gasteiger partial charge < -0.3 is 0 Å². The van der Waals surface area contributed by atoms with E-state index < -0.39 is 0 Å². The SMILES string of the molecule is CCC(C(=O)N(C)c1nnc(-c2ccccc2)s1)c1ccccc1. The third-order valence-corrected chi connectivity index (χ3v) is 5.01. The number of carbonyl (C=O) groups excluding carboxylic acids is 1. The van der Waals surface area contributed by atoms with Crippen LogP contribution in [-0.4, -0.2) is 23.2 Å². The Morgan fingerprint density at radius 2 is 1.67 bits per heavy atom. The second-order valence-electron chi connectivity index (χ2n) is 5.52. The number of nitrogens with zero attached hydrogens (tertiary/aromatic N) is 3. The van der Waals surface area contributed by atoms with Gasteiger partial charge >= 0.3 is 0 Å². The third-order valence-electron chi connectivity index (χ3n) is 3.96. The first-order valence-corrected chi connectivity index (χ1v) is 8.73. The average molecular weight is 337 g/mol. The van der Waals surface area contributed by atoms with Gasteiger partial charge in [0.25, 0.3) is 0 Å². The van der Waals surface area contributed by atoms with Gasteiger partial charge in [-0.3, -0.25) is 9.69 Å². The fraction of sp³-hybridized carbons (Fsp3) is 0.211. The van der Waals surface area contributed by atoms with Crippen molar-refractivity contribution in [1.82, 2.24) is 10.2 Å². The Kier molecular flexibility index (Phi) is 5.01. The van der Waals surface area contributed by atoms with E-state index in [2.05, 4.69) is 10.2 Å². The molecule has 0 fully saturated rings. The Labute approximate surface area is 145 Å². The molecule has 1 aromatic heterocycles. The van der Waals surface area contributed by atoms with E-state index in [-0.39, 0.29) is 11.8 Å². The number of anilines is 1. The number of benzene rings is 2. The lowest BCUT2D eigenvalue weighted by Gasteiger charge is -2.20. The van der Waals surface area contributed by atoms with Gasteiger partial charge in [0.1, 0.15) is 5.01 Å². The van der Waals surface area contributed by atoms with Crippen LogP contribution < -0.4 is 4.90 Å². The van der Waals surface area contributed by atoms with E-state index in [4.69, 9.17) is 0 Å². The van der Waals surface area contributed by atoms with E-state index in [0.29, 0.717) is 5.13 Å². The predicted molar refractivity (Wildman–Crippen MR) is 98.2 cm³/mol. The quantitative estimate of drug-likeness (QED) is 0.695. The molecule has 5 heteroatoms. The molecule has 0 N–H and O–H groups in total. The lowest BCUT2D eigenvalue weighted by Crippen LogP contribution is -2.31. The van der Waals surface area contributed by atoms with Gasteiger partial charge in [0.05, 0.1) is 5.92 Å². The van der Waals surface area contributed by atoms with Gasteiger partial charge in [-0.25, -0.2) is 0 Å². The molecule has 0 saturated heterocycles. The lowest BCUT2D eigenvalue weighted by molar-refractivity contribution is -0.119. The highest BCUT2D eigenvalue weighted by Gasteiger charge is 2.25. The first kappa shape index (κ1) is 16.3. The molecule has 1 unspecified atom stereocenters. The van der Waals surface area contributed by atoms with E-state index in [1.54, 1.807) is 11.9 Å². The lowest BCUT2D eigenvalue weighted by atomic mass is 9.95. The van der Waals surface area contributed by atoms with Crippen molar-refractivity contribution >= 4 is 22.4 Å².